The van der Waals surface area contributed by atoms with E-state index in [1.54, 1.807) is 31.2 Å². The molecule has 1 aromatic carbocycles. The molecule has 0 aliphatic heterocycles. The average Bonchev–Trinajstić information content (AvgIpc) is 2.84. The molecule has 6 nitrogen and oxygen atoms in total. The molecule has 1 amide bonds. The predicted octanol–water partition coefficient (Wildman–Crippen LogP) is 3.28. The molecular weight excluding hydrogens is 317 g/mol. The monoisotopic (exact) mass is 327 g/mol. The first-order valence-corrected chi connectivity index (χ1v) is 6.64. The first kappa shape index (κ1) is 15.3. The first-order chi connectivity index (χ1) is 10.0. The highest BCUT2D eigenvalue weighted by Crippen LogP contribution is 2.21. The number of nitrogens with one attached hydrogen (secondary N) is 1. The zero-order valence-electron chi connectivity index (χ0n) is 11.0. The van der Waals surface area contributed by atoms with Gasteiger partial charge in [0.25, 0.3) is 5.91 Å². The lowest BCUT2D eigenvalue weighted by molar-refractivity contribution is -0.120. The van der Waals surface area contributed by atoms with Crippen LogP contribution in [0.3, 0.4) is 0 Å². The van der Waals surface area contributed by atoms with E-state index < -0.39 is 5.91 Å². The van der Waals surface area contributed by atoms with E-state index in [0.717, 1.165) is 0 Å². The van der Waals surface area contributed by atoms with Gasteiger partial charge in [0.1, 0.15) is 5.76 Å². The number of hydrogen-bond acceptors (Lipinski definition) is 5. The van der Waals surface area contributed by atoms with Crippen LogP contribution in [-0.4, -0.2) is 23.9 Å². The van der Waals surface area contributed by atoms with Gasteiger partial charge in [-0.1, -0.05) is 39.6 Å². The summed E-state index contributed by atoms with van der Waals surface area (Å²) < 4.78 is 4.81. The predicted molar refractivity (Wildman–Crippen MR) is 79.9 cm³/mol. The standard InChI is InChI=1S/C13H11Cl2N3O3/c1-8-4-12(18-21-8)17-13(19)7-20-16-6-9-2-3-10(14)11(15)5-9/h2-6H,7H2,1H3,(H,17,18,19)/b16-6+. The van der Waals surface area contributed by atoms with Crippen molar-refractivity contribution in [1.82, 2.24) is 5.16 Å². The fourth-order valence-corrected chi connectivity index (χ4v) is 1.70. The molecule has 1 aromatic heterocycles. The molecule has 21 heavy (non-hydrogen) atoms. The molecule has 0 aliphatic rings. The minimum absolute atomic E-state index is 0.246. The number of amides is 1. The third-order valence-electron chi connectivity index (χ3n) is 2.31. The molecule has 0 aliphatic carbocycles. The minimum Gasteiger partial charge on any atom is -0.386 e. The van der Waals surface area contributed by atoms with Crippen molar-refractivity contribution in [3.05, 3.63) is 45.6 Å². The van der Waals surface area contributed by atoms with Crippen LogP contribution < -0.4 is 5.32 Å². The molecule has 0 spiro atoms. The second-order valence-electron chi connectivity index (χ2n) is 4.05. The lowest BCUT2D eigenvalue weighted by Gasteiger charge is -2.00. The normalized spacial score (nSPS) is 10.8. The molecule has 2 rings (SSSR count). The number of benzene rings is 1. The largest absolute Gasteiger partial charge is 0.386 e. The van der Waals surface area contributed by atoms with Gasteiger partial charge in [-0.05, 0) is 24.6 Å². The smallest absolute Gasteiger partial charge is 0.266 e. The van der Waals surface area contributed by atoms with Crippen LogP contribution in [0.25, 0.3) is 0 Å². The molecule has 0 radical (unpaired) electrons. The number of hydrogen-bond donors (Lipinski definition) is 1. The summed E-state index contributed by atoms with van der Waals surface area (Å²) in [4.78, 5) is 16.4. The molecule has 2 aromatic rings. The van der Waals surface area contributed by atoms with Crippen LogP contribution in [0.1, 0.15) is 11.3 Å². The Bertz CT molecular complexity index is 670. The van der Waals surface area contributed by atoms with Crippen molar-refractivity contribution in [2.24, 2.45) is 5.16 Å². The number of nitrogens with zero attached hydrogens (tertiary/aromatic N) is 2. The van der Waals surface area contributed by atoms with Gasteiger partial charge in [0.05, 0.1) is 16.3 Å². The van der Waals surface area contributed by atoms with E-state index in [4.69, 9.17) is 32.6 Å². The number of aryl methyl sites for hydroxylation is 1. The Balaban J connectivity index is 1.79. The van der Waals surface area contributed by atoms with Gasteiger partial charge < -0.3 is 14.7 Å². The molecule has 1 N–H and O–H groups in total. The van der Waals surface area contributed by atoms with E-state index in [1.165, 1.54) is 6.21 Å². The Kier molecular flexibility index (Phi) is 5.19. The van der Waals surface area contributed by atoms with Crippen molar-refractivity contribution >= 4 is 41.1 Å². The van der Waals surface area contributed by atoms with Crippen molar-refractivity contribution in [3.8, 4) is 0 Å². The second kappa shape index (κ2) is 7.10. The third kappa shape index (κ3) is 4.77. The zero-order chi connectivity index (χ0) is 15.2. The summed E-state index contributed by atoms with van der Waals surface area (Å²) in [7, 11) is 0. The SMILES string of the molecule is Cc1cc(NC(=O)CO/N=C/c2ccc(Cl)c(Cl)c2)no1. The third-order valence-corrected chi connectivity index (χ3v) is 3.05. The van der Waals surface area contributed by atoms with Gasteiger partial charge in [0.15, 0.2) is 12.4 Å². The highest BCUT2D eigenvalue weighted by atomic mass is 35.5. The van der Waals surface area contributed by atoms with E-state index in [9.17, 15) is 4.79 Å². The average molecular weight is 328 g/mol. The summed E-state index contributed by atoms with van der Waals surface area (Å²) in [5, 5.41) is 10.7. The maximum absolute atomic E-state index is 11.5. The molecule has 0 atom stereocenters. The number of aromatic nitrogens is 1. The van der Waals surface area contributed by atoms with Gasteiger partial charge in [-0.2, -0.15) is 0 Å². The summed E-state index contributed by atoms with van der Waals surface area (Å²) in [5.41, 5.74) is 0.705. The number of anilines is 1. The van der Waals surface area contributed by atoms with Gasteiger partial charge in [0.2, 0.25) is 0 Å². The van der Waals surface area contributed by atoms with Gasteiger partial charge >= 0.3 is 0 Å². The Morgan fingerprint density at radius 1 is 1.43 bits per heavy atom. The lowest BCUT2D eigenvalue weighted by atomic mass is 10.2. The molecule has 8 heteroatoms. The summed E-state index contributed by atoms with van der Waals surface area (Å²) in [5.74, 6) is 0.535. The minimum atomic E-state index is -0.394. The number of carbonyl (C=O) groups excluding carboxylic acids is 1. The Morgan fingerprint density at radius 2 is 2.24 bits per heavy atom. The maximum Gasteiger partial charge on any atom is 0.266 e. The van der Waals surface area contributed by atoms with Crippen LogP contribution in [0, 0.1) is 6.92 Å². The summed E-state index contributed by atoms with van der Waals surface area (Å²) >= 11 is 11.6. The zero-order valence-corrected chi connectivity index (χ0v) is 12.5. The molecule has 1 heterocycles. The number of oxime groups is 1. The molecule has 110 valence electrons. The Hall–Kier alpha value is -2.05. The van der Waals surface area contributed by atoms with Gasteiger partial charge in [-0.25, -0.2) is 0 Å². The molecule has 0 saturated heterocycles. The van der Waals surface area contributed by atoms with Crippen molar-refractivity contribution in [3.63, 3.8) is 0 Å². The molecule has 0 saturated carbocycles. The Labute approximate surface area is 130 Å². The van der Waals surface area contributed by atoms with Crippen molar-refractivity contribution in [2.75, 3.05) is 11.9 Å². The van der Waals surface area contributed by atoms with Crippen LogP contribution in [0.2, 0.25) is 10.0 Å². The van der Waals surface area contributed by atoms with Gasteiger partial charge in [-0.15, -0.1) is 0 Å². The highest BCUT2D eigenvalue weighted by molar-refractivity contribution is 6.42. The van der Waals surface area contributed by atoms with Crippen LogP contribution in [-0.2, 0) is 9.63 Å². The van der Waals surface area contributed by atoms with E-state index in [2.05, 4.69) is 15.6 Å². The van der Waals surface area contributed by atoms with Gasteiger partial charge in [0, 0.05) is 6.07 Å². The molecule has 0 unspecified atom stereocenters. The van der Waals surface area contributed by atoms with Crippen LogP contribution in [0.5, 0.6) is 0 Å². The van der Waals surface area contributed by atoms with Crippen molar-refractivity contribution in [2.45, 2.75) is 6.92 Å². The molecule has 0 fully saturated rings. The highest BCUT2D eigenvalue weighted by Gasteiger charge is 2.06. The number of rotatable bonds is 5. The van der Waals surface area contributed by atoms with Crippen molar-refractivity contribution in [1.29, 1.82) is 0 Å². The van der Waals surface area contributed by atoms with E-state index in [1.807, 2.05) is 0 Å². The molecule has 0 bridgehead atoms. The summed E-state index contributed by atoms with van der Waals surface area (Å²) in [6.45, 7) is 1.48. The van der Waals surface area contributed by atoms with E-state index in [-0.39, 0.29) is 6.61 Å². The second-order valence-corrected chi connectivity index (χ2v) is 4.87. The van der Waals surface area contributed by atoms with Crippen LogP contribution in [0.15, 0.2) is 33.9 Å². The van der Waals surface area contributed by atoms with E-state index >= 15 is 0 Å². The first-order valence-electron chi connectivity index (χ1n) is 5.88. The topological polar surface area (TPSA) is 76.7 Å². The van der Waals surface area contributed by atoms with Crippen LogP contribution in [0.4, 0.5) is 5.82 Å². The fraction of sp³-hybridized carbons (Fsp3) is 0.154. The van der Waals surface area contributed by atoms with Gasteiger partial charge in [-0.3, -0.25) is 4.79 Å². The maximum atomic E-state index is 11.5. The Morgan fingerprint density at radius 3 is 2.90 bits per heavy atom. The quantitative estimate of drug-likeness (QED) is 0.675. The summed E-state index contributed by atoms with van der Waals surface area (Å²) in [6.07, 6.45) is 1.43. The van der Waals surface area contributed by atoms with Crippen LogP contribution >= 0.6 is 23.2 Å². The van der Waals surface area contributed by atoms with Crippen molar-refractivity contribution < 1.29 is 14.2 Å². The summed E-state index contributed by atoms with van der Waals surface area (Å²) in [6, 6.07) is 6.59. The van der Waals surface area contributed by atoms with E-state index in [0.29, 0.717) is 27.2 Å². The lowest BCUT2D eigenvalue weighted by Crippen LogP contribution is -2.17. The number of carbonyl (C=O) groups is 1. The molecular formula is C13H11Cl2N3O3. The number of halogens is 2. The fourth-order valence-electron chi connectivity index (χ4n) is 1.39.